The van der Waals surface area contributed by atoms with E-state index in [0.717, 1.165) is 43.2 Å². The van der Waals surface area contributed by atoms with Crippen molar-refractivity contribution in [3.05, 3.63) is 54.3 Å². The summed E-state index contributed by atoms with van der Waals surface area (Å²) in [4.78, 5) is 11.5. The average Bonchev–Trinajstić information content (AvgIpc) is 3.29. The van der Waals surface area contributed by atoms with E-state index in [9.17, 15) is 4.39 Å². The number of hydrogen-bond acceptors (Lipinski definition) is 7. The molecule has 7 nitrogen and oxygen atoms in total. The van der Waals surface area contributed by atoms with Gasteiger partial charge in [0.1, 0.15) is 17.4 Å². The number of anilines is 5. The topological polar surface area (TPSA) is 71.5 Å². The van der Waals surface area contributed by atoms with Crippen LogP contribution in [0.3, 0.4) is 0 Å². The van der Waals surface area contributed by atoms with Crippen LogP contribution in [0.15, 0.2) is 48.5 Å². The van der Waals surface area contributed by atoms with Crippen LogP contribution in [0.2, 0.25) is 0 Å². The Morgan fingerprint density at radius 3 is 2.27 bits per heavy atom. The maximum Gasteiger partial charge on any atom is 0.231 e. The summed E-state index contributed by atoms with van der Waals surface area (Å²) >= 11 is 0. The fourth-order valence-corrected chi connectivity index (χ4v) is 3.36. The van der Waals surface area contributed by atoms with Gasteiger partial charge >= 0.3 is 0 Å². The van der Waals surface area contributed by atoms with Gasteiger partial charge in [0.15, 0.2) is 11.6 Å². The van der Waals surface area contributed by atoms with E-state index in [1.165, 1.54) is 13.2 Å². The lowest BCUT2D eigenvalue weighted by Gasteiger charge is -2.19. The summed E-state index contributed by atoms with van der Waals surface area (Å²) in [6, 6.07) is 14.1. The quantitative estimate of drug-likeness (QED) is 0.585. The number of ether oxygens (including phenoxy) is 2. The highest BCUT2D eigenvalue weighted by atomic mass is 19.1. The fourth-order valence-electron chi connectivity index (χ4n) is 3.36. The van der Waals surface area contributed by atoms with Gasteiger partial charge in [-0.25, -0.2) is 4.39 Å². The van der Waals surface area contributed by atoms with E-state index in [0.29, 0.717) is 17.5 Å². The van der Waals surface area contributed by atoms with Crippen molar-refractivity contribution >= 4 is 29.0 Å². The number of rotatable bonds is 7. The molecule has 2 N–H and O–H groups in total. The molecule has 30 heavy (non-hydrogen) atoms. The summed E-state index contributed by atoms with van der Waals surface area (Å²) in [5, 5.41) is 6.41. The first-order chi connectivity index (χ1) is 14.6. The molecule has 0 amide bonds. The number of benzene rings is 2. The molecule has 3 aromatic rings. The molecule has 1 aliphatic rings. The number of nitrogens with one attached hydrogen (secondary N) is 2. The van der Waals surface area contributed by atoms with Gasteiger partial charge in [0, 0.05) is 36.6 Å². The van der Waals surface area contributed by atoms with Gasteiger partial charge in [-0.15, -0.1) is 0 Å². The predicted molar refractivity (Wildman–Crippen MR) is 116 cm³/mol. The standard InChI is InChI=1S/C22H24FN5O2/c1-29-17-8-5-15(6-9-17)25-22-26-20(14-21(27-22)28-11-3-4-12-28)24-16-7-10-19(30-2)18(23)13-16/h5-10,13-14H,3-4,11-12H2,1-2H3,(H2,24,25,26,27). The SMILES string of the molecule is COc1ccc(Nc2nc(Nc3ccc(OC)c(F)c3)cc(N3CCCC3)n2)cc1. The maximum atomic E-state index is 14.1. The van der Waals surface area contributed by atoms with Crippen LogP contribution >= 0.6 is 0 Å². The van der Waals surface area contributed by atoms with Crippen molar-refractivity contribution in [1.82, 2.24) is 9.97 Å². The zero-order chi connectivity index (χ0) is 20.9. The molecule has 2 heterocycles. The van der Waals surface area contributed by atoms with E-state index in [1.807, 2.05) is 30.3 Å². The molecule has 1 fully saturated rings. The maximum absolute atomic E-state index is 14.1. The number of aromatic nitrogens is 2. The van der Waals surface area contributed by atoms with Crippen molar-refractivity contribution in [2.45, 2.75) is 12.8 Å². The van der Waals surface area contributed by atoms with Crippen molar-refractivity contribution in [2.75, 3.05) is 42.8 Å². The number of halogens is 1. The first-order valence-electron chi connectivity index (χ1n) is 9.80. The van der Waals surface area contributed by atoms with Gasteiger partial charge < -0.3 is 25.0 Å². The van der Waals surface area contributed by atoms with Crippen LogP contribution in [-0.2, 0) is 0 Å². The van der Waals surface area contributed by atoms with Crippen LogP contribution in [0.5, 0.6) is 11.5 Å². The summed E-state index contributed by atoms with van der Waals surface area (Å²) in [7, 11) is 3.07. The second-order valence-electron chi connectivity index (χ2n) is 6.96. The van der Waals surface area contributed by atoms with E-state index < -0.39 is 5.82 Å². The Hall–Kier alpha value is -3.55. The molecule has 0 bridgehead atoms. The lowest BCUT2D eigenvalue weighted by molar-refractivity contribution is 0.386. The van der Waals surface area contributed by atoms with E-state index in [2.05, 4.69) is 25.5 Å². The van der Waals surface area contributed by atoms with E-state index >= 15 is 0 Å². The lowest BCUT2D eigenvalue weighted by atomic mass is 10.3. The molecular formula is C22H24FN5O2. The van der Waals surface area contributed by atoms with Crippen LogP contribution in [0.25, 0.3) is 0 Å². The molecule has 0 unspecified atom stereocenters. The molecule has 1 aromatic heterocycles. The molecule has 2 aromatic carbocycles. The van der Waals surface area contributed by atoms with Crippen molar-refractivity contribution in [2.24, 2.45) is 0 Å². The molecule has 0 aliphatic carbocycles. The fraction of sp³-hybridized carbons (Fsp3) is 0.273. The highest BCUT2D eigenvalue weighted by molar-refractivity contribution is 5.65. The average molecular weight is 409 g/mol. The second-order valence-corrected chi connectivity index (χ2v) is 6.96. The smallest absolute Gasteiger partial charge is 0.231 e. The number of hydrogen-bond donors (Lipinski definition) is 2. The minimum absolute atomic E-state index is 0.197. The third-order valence-electron chi connectivity index (χ3n) is 4.91. The van der Waals surface area contributed by atoms with E-state index in [-0.39, 0.29) is 5.75 Å². The van der Waals surface area contributed by atoms with Crippen molar-refractivity contribution in [3.63, 3.8) is 0 Å². The van der Waals surface area contributed by atoms with Crippen molar-refractivity contribution in [3.8, 4) is 11.5 Å². The third kappa shape index (κ3) is 4.53. The molecule has 8 heteroatoms. The number of nitrogens with zero attached hydrogens (tertiary/aromatic N) is 3. The normalized spacial score (nSPS) is 13.2. The van der Waals surface area contributed by atoms with Crippen LogP contribution in [-0.4, -0.2) is 37.3 Å². The second kappa shape index (κ2) is 8.86. The first-order valence-corrected chi connectivity index (χ1v) is 9.80. The summed E-state index contributed by atoms with van der Waals surface area (Å²) in [6.07, 6.45) is 2.27. The largest absolute Gasteiger partial charge is 0.497 e. The highest BCUT2D eigenvalue weighted by Gasteiger charge is 2.16. The summed E-state index contributed by atoms with van der Waals surface area (Å²) in [5.74, 6) is 2.40. The van der Waals surface area contributed by atoms with Crippen LogP contribution < -0.4 is 25.0 Å². The minimum atomic E-state index is -0.437. The molecule has 0 spiro atoms. The Balaban J connectivity index is 1.62. The first kappa shape index (κ1) is 19.8. The molecule has 1 saturated heterocycles. The lowest BCUT2D eigenvalue weighted by Crippen LogP contribution is -2.20. The Morgan fingerprint density at radius 1 is 0.867 bits per heavy atom. The van der Waals surface area contributed by atoms with E-state index in [4.69, 9.17) is 9.47 Å². The number of methoxy groups -OCH3 is 2. The predicted octanol–water partition coefficient (Wildman–Crippen LogP) is 4.72. The zero-order valence-electron chi connectivity index (χ0n) is 17.0. The molecule has 0 atom stereocenters. The van der Waals surface area contributed by atoms with E-state index in [1.54, 1.807) is 19.2 Å². The van der Waals surface area contributed by atoms with Crippen LogP contribution in [0, 0.1) is 5.82 Å². The molecule has 0 radical (unpaired) electrons. The van der Waals surface area contributed by atoms with Crippen LogP contribution in [0.1, 0.15) is 12.8 Å². The van der Waals surface area contributed by atoms with Gasteiger partial charge in [-0.2, -0.15) is 9.97 Å². The van der Waals surface area contributed by atoms with Gasteiger partial charge in [0.2, 0.25) is 5.95 Å². The van der Waals surface area contributed by atoms with Crippen LogP contribution in [0.4, 0.5) is 33.3 Å². The Kier molecular flexibility index (Phi) is 5.83. The molecule has 0 saturated carbocycles. The van der Waals surface area contributed by atoms with Gasteiger partial charge in [-0.3, -0.25) is 0 Å². The van der Waals surface area contributed by atoms with Gasteiger partial charge in [0.25, 0.3) is 0 Å². The van der Waals surface area contributed by atoms with Gasteiger partial charge in [0.05, 0.1) is 14.2 Å². The van der Waals surface area contributed by atoms with Gasteiger partial charge in [-0.05, 0) is 49.2 Å². The molecule has 4 rings (SSSR count). The molecule has 1 aliphatic heterocycles. The summed E-state index contributed by atoms with van der Waals surface area (Å²) in [5.41, 5.74) is 1.42. The highest BCUT2D eigenvalue weighted by Crippen LogP contribution is 2.28. The minimum Gasteiger partial charge on any atom is -0.497 e. The molecule has 156 valence electrons. The monoisotopic (exact) mass is 409 g/mol. The Labute approximate surface area is 174 Å². The third-order valence-corrected chi connectivity index (χ3v) is 4.91. The zero-order valence-corrected chi connectivity index (χ0v) is 17.0. The van der Waals surface area contributed by atoms with Crippen molar-refractivity contribution in [1.29, 1.82) is 0 Å². The van der Waals surface area contributed by atoms with Crippen molar-refractivity contribution < 1.29 is 13.9 Å². The molecular weight excluding hydrogens is 385 g/mol. The Morgan fingerprint density at radius 2 is 1.60 bits per heavy atom. The summed E-state index contributed by atoms with van der Waals surface area (Å²) < 4.78 is 24.3. The van der Waals surface area contributed by atoms with Gasteiger partial charge in [-0.1, -0.05) is 0 Å². The Bertz CT molecular complexity index is 1010. The summed E-state index contributed by atoms with van der Waals surface area (Å²) in [6.45, 7) is 1.91.